The average Bonchev–Trinajstić information content (AvgIpc) is 2.77. The van der Waals surface area contributed by atoms with Gasteiger partial charge < -0.3 is 15.0 Å². The molecular weight excluding hydrogens is 236 g/mol. The molecule has 2 bridgehead atoms. The Hall–Kier alpha value is -1.32. The van der Waals surface area contributed by atoms with Gasteiger partial charge in [-0.25, -0.2) is 0 Å². The Kier molecular flexibility index (Phi) is 2.64. The summed E-state index contributed by atoms with van der Waals surface area (Å²) < 4.78 is 0. The quantitative estimate of drug-likeness (QED) is 0.822. The number of nitrogens with one attached hydrogen (secondary N) is 1. The number of hydrogen-bond acceptors (Lipinski definition) is 2. The van der Waals surface area contributed by atoms with Crippen LogP contribution in [0.2, 0.25) is 0 Å². The highest BCUT2D eigenvalue weighted by atomic mass is 16.3. The first-order chi connectivity index (χ1) is 9.35. The molecule has 0 saturated carbocycles. The molecule has 2 atom stereocenters. The highest BCUT2D eigenvalue weighted by Gasteiger charge is 2.28. The number of H-pyrrole nitrogens is 1. The number of fused-ring (bicyclic) bond motifs is 6. The van der Waals surface area contributed by atoms with E-state index in [1.807, 2.05) is 6.07 Å². The van der Waals surface area contributed by atoms with Crippen LogP contribution < -0.4 is 0 Å². The number of rotatable bonds is 1. The van der Waals surface area contributed by atoms with Gasteiger partial charge in [0.25, 0.3) is 0 Å². The minimum atomic E-state index is 0.122. The number of benzene rings is 1. The molecule has 3 heteroatoms. The molecule has 2 N–H and O–H groups in total. The fourth-order valence-corrected chi connectivity index (χ4v) is 3.80. The van der Waals surface area contributed by atoms with Crippen LogP contribution in [0.15, 0.2) is 18.2 Å². The number of hydrogen-bond donors (Lipinski definition) is 2. The van der Waals surface area contributed by atoms with E-state index in [1.165, 1.54) is 54.6 Å². The van der Waals surface area contributed by atoms with E-state index in [0.717, 1.165) is 12.0 Å². The standard InChI is InChI=1S/C16H20N2O/c19-10-11-3-4-13-14-5-7-18-6-1-2-12(9-18)16(14)17-15(13)8-11/h3-4,8,12,17,19H,1-2,5-7,9-10H2. The monoisotopic (exact) mass is 256 g/mol. The summed E-state index contributed by atoms with van der Waals surface area (Å²) in [6.45, 7) is 3.80. The largest absolute Gasteiger partial charge is 0.392 e. The molecule has 0 amide bonds. The minimum absolute atomic E-state index is 0.122. The van der Waals surface area contributed by atoms with Crippen LogP contribution in [0.4, 0.5) is 0 Å². The lowest BCUT2D eigenvalue weighted by Crippen LogP contribution is -2.33. The van der Waals surface area contributed by atoms with Gasteiger partial charge in [-0.05, 0) is 43.0 Å². The molecule has 0 aliphatic carbocycles. The summed E-state index contributed by atoms with van der Waals surface area (Å²) >= 11 is 0. The Morgan fingerprint density at radius 1 is 1.32 bits per heavy atom. The van der Waals surface area contributed by atoms with E-state index >= 15 is 0 Å². The molecule has 19 heavy (non-hydrogen) atoms. The second-order valence-electron chi connectivity index (χ2n) is 5.95. The molecule has 3 heterocycles. The molecule has 1 saturated heterocycles. The van der Waals surface area contributed by atoms with Gasteiger partial charge in [-0.3, -0.25) is 0 Å². The maximum absolute atomic E-state index is 9.27. The second-order valence-corrected chi connectivity index (χ2v) is 5.95. The second kappa shape index (κ2) is 4.36. The smallest absolute Gasteiger partial charge is 0.0682 e. The van der Waals surface area contributed by atoms with Crippen LogP contribution in [-0.2, 0) is 13.0 Å². The summed E-state index contributed by atoms with van der Waals surface area (Å²) in [7, 11) is 0. The Bertz CT molecular complexity index is 616. The van der Waals surface area contributed by atoms with Crippen molar-refractivity contribution in [1.29, 1.82) is 0 Å². The molecule has 2 aliphatic rings. The van der Waals surface area contributed by atoms with Gasteiger partial charge in [0.2, 0.25) is 0 Å². The lowest BCUT2D eigenvalue weighted by Gasteiger charge is -2.29. The lowest BCUT2D eigenvalue weighted by molar-refractivity contribution is 0.217. The Morgan fingerprint density at radius 3 is 3.16 bits per heavy atom. The molecule has 3 nitrogen and oxygen atoms in total. The molecule has 0 spiro atoms. The fraction of sp³-hybridized carbons (Fsp3) is 0.500. The predicted molar refractivity (Wildman–Crippen MR) is 76.3 cm³/mol. The van der Waals surface area contributed by atoms with Crippen molar-refractivity contribution in [2.75, 3.05) is 19.6 Å². The summed E-state index contributed by atoms with van der Waals surface area (Å²) in [5.74, 6) is 0.677. The third-order valence-corrected chi connectivity index (χ3v) is 4.78. The van der Waals surface area contributed by atoms with E-state index in [0.29, 0.717) is 5.92 Å². The van der Waals surface area contributed by atoms with Crippen LogP contribution in [-0.4, -0.2) is 34.6 Å². The topological polar surface area (TPSA) is 39.3 Å². The predicted octanol–water partition coefficient (Wildman–Crippen LogP) is 2.40. The van der Waals surface area contributed by atoms with Crippen molar-refractivity contribution in [1.82, 2.24) is 9.88 Å². The van der Waals surface area contributed by atoms with Gasteiger partial charge in [-0.2, -0.15) is 0 Å². The first-order valence-corrected chi connectivity index (χ1v) is 7.32. The minimum Gasteiger partial charge on any atom is -0.392 e. The van der Waals surface area contributed by atoms with Crippen molar-refractivity contribution in [2.45, 2.75) is 31.8 Å². The van der Waals surface area contributed by atoms with Gasteiger partial charge in [-0.15, -0.1) is 0 Å². The van der Waals surface area contributed by atoms with Crippen molar-refractivity contribution in [3.05, 3.63) is 35.0 Å². The molecule has 2 aliphatic heterocycles. The molecule has 1 aromatic carbocycles. The van der Waals surface area contributed by atoms with Crippen LogP contribution in [0.3, 0.4) is 0 Å². The van der Waals surface area contributed by atoms with Crippen LogP contribution in [0.25, 0.3) is 10.9 Å². The zero-order valence-electron chi connectivity index (χ0n) is 11.2. The molecular formula is C16H20N2O. The van der Waals surface area contributed by atoms with Crippen LogP contribution in [0.1, 0.15) is 35.6 Å². The van der Waals surface area contributed by atoms with E-state index in [4.69, 9.17) is 0 Å². The van der Waals surface area contributed by atoms with E-state index in [2.05, 4.69) is 22.0 Å². The Balaban J connectivity index is 1.87. The first-order valence-electron chi connectivity index (χ1n) is 7.32. The summed E-state index contributed by atoms with van der Waals surface area (Å²) in [5, 5.41) is 10.6. The van der Waals surface area contributed by atoms with Crippen LogP contribution in [0, 0.1) is 0 Å². The SMILES string of the molecule is OCc1ccc2c3c([nH]c2c1)C1CCCN(CC3)C1. The highest BCUT2D eigenvalue weighted by Crippen LogP contribution is 2.36. The fourth-order valence-electron chi connectivity index (χ4n) is 3.80. The number of piperidine rings is 1. The van der Waals surface area contributed by atoms with Gasteiger partial charge >= 0.3 is 0 Å². The zero-order chi connectivity index (χ0) is 12.8. The van der Waals surface area contributed by atoms with Crippen molar-refractivity contribution in [3.8, 4) is 0 Å². The van der Waals surface area contributed by atoms with Crippen molar-refractivity contribution in [2.24, 2.45) is 0 Å². The highest BCUT2D eigenvalue weighted by molar-refractivity contribution is 5.85. The summed E-state index contributed by atoms with van der Waals surface area (Å²) in [6.07, 6.45) is 3.79. The van der Waals surface area contributed by atoms with Crippen molar-refractivity contribution >= 4 is 10.9 Å². The maximum atomic E-state index is 9.27. The molecule has 1 aromatic heterocycles. The average molecular weight is 256 g/mol. The van der Waals surface area contributed by atoms with Gasteiger partial charge in [-0.1, -0.05) is 12.1 Å². The van der Waals surface area contributed by atoms with E-state index in [9.17, 15) is 5.11 Å². The van der Waals surface area contributed by atoms with E-state index in [-0.39, 0.29) is 6.61 Å². The number of aromatic nitrogens is 1. The van der Waals surface area contributed by atoms with Gasteiger partial charge in [0.1, 0.15) is 0 Å². The molecule has 1 fully saturated rings. The van der Waals surface area contributed by atoms with Gasteiger partial charge in [0.05, 0.1) is 6.61 Å². The third kappa shape index (κ3) is 1.80. The third-order valence-electron chi connectivity index (χ3n) is 4.78. The van der Waals surface area contributed by atoms with Crippen LogP contribution >= 0.6 is 0 Å². The lowest BCUT2D eigenvalue weighted by atomic mass is 9.93. The van der Waals surface area contributed by atoms with E-state index in [1.54, 1.807) is 0 Å². The summed E-state index contributed by atoms with van der Waals surface area (Å²) in [6, 6.07) is 6.33. The molecule has 4 rings (SSSR count). The Morgan fingerprint density at radius 2 is 2.26 bits per heavy atom. The number of aromatic amines is 1. The molecule has 100 valence electrons. The van der Waals surface area contributed by atoms with Crippen LogP contribution in [0.5, 0.6) is 0 Å². The number of aliphatic hydroxyl groups is 1. The molecule has 0 radical (unpaired) electrons. The van der Waals surface area contributed by atoms with Gasteiger partial charge in [0, 0.05) is 35.6 Å². The number of aliphatic hydroxyl groups excluding tert-OH is 1. The normalized spacial score (nSPS) is 26.2. The molecule has 2 unspecified atom stereocenters. The first kappa shape index (κ1) is 11.5. The summed E-state index contributed by atoms with van der Waals surface area (Å²) in [5.41, 5.74) is 5.19. The van der Waals surface area contributed by atoms with Crippen molar-refractivity contribution in [3.63, 3.8) is 0 Å². The van der Waals surface area contributed by atoms with E-state index < -0.39 is 0 Å². The summed E-state index contributed by atoms with van der Waals surface area (Å²) in [4.78, 5) is 6.26. The molecule has 2 aromatic rings. The van der Waals surface area contributed by atoms with Gasteiger partial charge in [0.15, 0.2) is 0 Å². The van der Waals surface area contributed by atoms with Crippen molar-refractivity contribution < 1.29 is 5.11 Å². The number of nitrogens with zero attached hydrogens (tertiary/aromatic N) is 1. The Labute approximate surface area is 113 Å². The zero-order valence-corrected chi connectivity index (χ0v) is 11.2. The maximum Gasteiger partial charge on any atom is 0.0682 e.